The zero-order valence-corrected chi connectivity index (χ0v) is 10.4. The van der Waals surface area contributed by atoms with Gasteiger partial charge in [0.25, 0.3) is 0 Å². The number of methoxy groups -OCH3 is 1. The maximum absolute atomic E-state index is 12.0. The Kier molecular flexibility index (Phi) is 3.89. The van der Waals surface area contributed by atoms with Gasteiger partial charge in [-0.25, -0.2) is 4.79 Å². The molecule has 17 heavy (non-hydrogen) atoms. The molecule has 0 aromatic rings. The van der Waals surface area contributed by atoms with Gasteiger partial charge in [-0.2, -0.15) is 0 Å². The number of hydrogen-bond acceptors (Lipinski definition) is 3. The number of carbonyl (C=O) groups excluding carboxylic acids is 1. The van der Waals surface area contributed by atoms with E-state index >= 15 is 0 Å². The fraction of sp³-hybridized carbons (Fsp3) is 0.917. The third kappa shape index (κ3) is 2.90. The highest BCUT2D eigenvalue weighted by atomic mass is 16.5. The number of amides is 2. The molecular weight excluding hydrogens is 220 g/mol. The summed E-state index contributed by atoms with van der Waals surface area (Å²) >= 11 is 0. The molecule has 2 rings (SSSR count). The van der Waals surface area contributed by atoms with E-state index in [2.05, 4.69) is 5.32 Å². The van der Waals surface area contributed by atoms with Crippen LogP contribution in [0.5, 0.6) is 0 Å². The third-order valence-corrected chi connectivity index (χ3v) is 3.85. The molecule has 0 aromatic heterocycles. The zero-order chi connectivity index (χ0) is 12.3. The smallest absolute Gasteiger partial charge is 0.317 e. The molecule has 2 amide bonds. The molecule has 0 aromatic carbocycles. The quantitative estimate of drug-likeness (QED) is 0.721. The number of aliphatic hydroxyl groups excluding tert-OH is 1. The van der Waals surface area contributed by atoms with Crippen molar-refractivity contribution in [3.8, 4) is 0 Å². The SMILES string of the molecule is COC1(CNC(=O)N(CCO)C2CC2)CCC1. The van der Waals surface area contributed by atoms with E-state index in [4.69, 9.17) is 9.84 Å². The summed E-state index contributed by atoms with van der Waals surface area (Å²) < 4.78 is 5.46. The van der Waals surface area contributed by atoms with Crippen molar-refractivity contribution < 1.29 is 14.6 Å². The van der Waals surface area contributed by atoms with Gasteiger partial charge in [0.15, 0.2) is 0 Å². The van der Waals surface area contributed by atoms with Crippen molar-refractivity contribution in [3.05, 3.63) is 0 Å². The number of rotatable bonds is 6. The summed E-state index contributed by atoms with van der Waals surface area (Å²) in [7, 11) is 1.71. The van der Waals surface area contributed by atoms with Crippen molar-refractivity contribution >= 4 is 6.03 Å². The molecule has 0 atom stereocenters. The average molecular weight is 242 g/mol. The van der Waals surface area contributed by atoms with Crippen LogP contribution in [0.2, 0.25) is 0 Å². The minimum atomic E-state index is -0.135. The van der Waals surface area contributed by atoms with Crippen molar-refractivity contribution in [2.45, 2.75) is 43.7 Å². The van der Waals surface area contributed by atoms with Crippen LogP contribution in [-0.4, -0.2) is 54.5 Å². The fourth-order valence-corrected chi connectivity index (χ4v) is 2.31. The molecule has 0 bridgehead atoms. The Bertz CT molecular complexity index is 269. The molecule has 0 radical (unpaired) electrons. The Morgan fingerprint density at radius 3 is 2.65 bits per heavy atom. The molecule has 0 saturated heterocycles. The number of nitrogens with zero attached hydrogens (tertiary/aromatic N) is 1. The predicted octanol–water partition coefficient (Wildman–Crippen LogP) is 0.722. The number of aliphatic hydroxyl groups is 1. The highest BCUT2D eigenvalue weighted by Crippen LogP contribution is 2.34. The molecule has 5 heteroatoms. The number of nitrogens with one attached hydrogen (secondary N) is 1. The van der Waals surface area contributed by atoms with Crippen LogP contribution in [0.3, 0.4) is 0 Å². The highest BCUT2D eigenvalue weighted by molar-refractivity contribution is 5.75. The van der Waals surface area contributed by atoms with Crippen LogP contribution in [0.25, 0.3) is 0 Å². The van der Waals surface area contributed by atoms with Crippen molar-refractivity contribution in [2.24, 2.45) is 0 Å². The van der Waals surface area contributed by atoms with Crippen molar-refractivity contribution in [1.82, 2.24) is 10.2 Å². The van der Waals surface area contributed by atoms with Crippen molar-refractivity contribution in [1.29, 1.82) is 0 Å². The van der Waals surface area contributed by atoms with E-state index in [1.807, 2.05) is 0 Å². The minimum Gasteiger partial charge on any atom is -0.395 e. The summed E-state index contributed by atoms with van der Waals surface area (Å²) in [6.07, 6.45) is 5.33. The lowest BCUT2D eigenvalue weighted by molar-refractivity contribution is -0.0679. The fourth-order valence-electron chi connectivity index (χ4n) is 2.31. The van der Waals surface area contributed by atoms with Crippen molar-refractivity contribution in [3.63, 3.8) is 0 Å². The standard InChI is InChI=1S/C12H22N2O3/c1-17-12(5-2-6-12)9-13-11(16)14(7-8-15)10-3-4-10/h10,15H,2-9H2,1H3,(H,13,16). The van der Waals surface area contributed by atoms with Crippen molar-refractivity contribution in [2.75, 3.05) is 26.8 Å². The second kappa shape index (κ2) is 5.23. The van der Waals surface area contributed by atoms with Gasteiger partial charge in [0, 0.05) is 26.2 Å². The maximum atomic E-state index is 12.0. The molecule has 0 aliphatic heterocycles. The first-order valence-electron chi connectivity index (χ1n) is 6.41. The van der Waals surface area contributed by atoms with E-state index in [0.717, 1.165) is 25.7 Å². The Labute approximate surface area is 102 Å². The average Bonchev–Trinajstić information content (AvgIpc) is 3.08. The first-order chi connectivity index (χ1) is 8.21. The van der Waals surface area contributed by atoms with Gasteiger partial charge in [0.2, 0.25) is 0 Å². The molecule has 0 spiro atoms. The summed E-state index contributed by atoms with van der Waals surface area (Å²) in [6.45, 7) is 1.03. The van der Waals surface area contributed by atoms with Gasteiger partial charge >= 0.3 is 6.03 Å². The Balaban J connectivity index is 1.78. The maximum Gasteiger partial charge on any atom is 0.317 e. The highest BCUT2D eigenvalue weighted by Gasteiger charge is 2.38. The van der Waals surface area contributed by atoms with E-state index < -0.39 is 0 Å². The lowest BCUT2D eigenvalue weighted by atomic mass is 9.80. The minimum absolute atomic E-state index is 0.0271. The van der Waals surface area contributed by atoms with Gasteiger partial charge in [-0.15, -0.1) is 0 Å². The summed E-state index contributed by atoms with van der Waals surface area (Å²) in [6, 6.07) is 0.270. The predicted molar refractivity (Wildman–Crippen MR) is 63.8 cm³/mol. The van der Waals surface area contributed by atoms with E-state index in [-0.39, 0.29) is 18.2 Å². The molecule has 2 aliphatic carbocycles. The van der Waals surface area contributed by atoms with Gasteiger partial charge in [-0.3, -0.25) is 0 Å². The Hall–Kier alpha value is -0.810. The largest absolute Gasteiger partial charge is 0.395 e. The molecule has 2 fully saturated rings. The summed E-state index contributed by atoms with van der Waals surface area (Å²) in [5, 5.41) is 11.9. The first kappa shape index (κ1) is 12.6. The molecule has 2 aliphatic rings. The lowest BCUT2D eigenvalue weighted by Gasteiger charge is -2.40. The molecule has 5 nitrogen and oxygen atoms in total. The Morgan fingerprint density at radius 1 is 1.53 bits per heavy atom. The number of hydrogen-bond donors (Lipinski definition) is 2. The summed E-state index contributed by atoms with van der Waals surface area (Å²) in [5.41, 5.74) is -0.135. The van der Waals surface area contributed by atoms with Crippen LogP contribution >= 0.6 is 0 Å². The molecule has 2 N–H and O–H groups in total. The zero-order valence-electron chi connectivity index (χ0n) is 10.4. The van der Waals surface area contributed by atoms with Gasteiger partial charge < -0.3 is 20.1 Å². The number of ether oxygens (including phenoxy) is 1. The van der Waals surface area contributed by atoms with Crippen LogP contribution < -0.4 is 5.32 Å². The molecular formula is C12H22N2O3. The van der Waals surface area contributed by atoms with E-state index in [1.54, 1.807) is 12.0 Å². The van der Waals surface area contributed by atoms with E-state index in [1.165, 1.54) is 6.42 Å². The van der Waals surface area contributed by atoms with Gasteiger partial charge in [-0.05, 0) is 32.1 Å². The molecule has 0 unspecified atom stereocenters. The first-order valence-corrected chi connectivity index (χ1v) is 6.41. The Morgan fingerprint density at radius 2 is 2.24 bits per heavy atom. The van der Waals surface area contributed by atoms with Crippen LogP contribution in [0.15, 0.2) is 0 Å². The second-order valence-electron chi connectivity index (χ2n) is 5.05. The lowest BCUT2D eigenvalue weighted by Crippen LogP contribution is -2.52. The van der Waals surface area contributed by atoms with E-state index in [0.29, 0.717) is 19.1 Å². The van der Waals surface area contributed by atoms with Crippen LogP contribution in [0.1, 0.15) is 32.1 Å². The topological polar surface area (TPSA) is 61.8 Å². The van der Waals surface area contributed by atoms with Crippen LogP contribution in [0, 0.1) is 0 Å². The molecule has 2 saturated carbocycles. The normalized spacial score (nSPS) is 21.8. The number of urea groups is 1. The second-order valence-corrected chi connectivity index (χ2v) is 5.05. The van der Waals surface area contributed by atoms with E-state index in [9.17, 15) is 4.79 Å². The third-order valence-electron chi connectivity index (χ3n) is 3.85. The van der Waals surface area contributed by atoms with Gasteiger partial charge in [0.1, 0.15) is 0 Å². The molecule has 98 valence electrons. The summed E-state index contributed by atoms with van der Waals surface area (Å²) in [5.74, 6) is 0. The van der Waals surface area contributed by atoms with Gasteiger partial charge in [0.05, 0.1) is 12.2 Å². The van der Waals surface area contributed by atoms with Gasteiger partial charge in [-0.1, -0.05) is 0 Å². The summed E-state index contributed by atoms with van der Waals surface area (Å²) in [4.78, 5) is 13.7. The molecule has 0 heterocycles. The van der Waals surface area contributed by atoms with Crippen LogP contribution in [0.4, 0.5) is 4.79 Å². The van der Waals surface area contributed by atoms with Crippen LogP contribution in [-0.2, 0) is 4.74 Å². The monoisotopic (exact) mass is 242 g/mol. The number of carbonyl (C=O) groups is 1.